The van der Waals surface area contributed by atoms with Gasteiger partial charge in [0.15, 0.2) is 5.69 Å². The highest BCUT2D eigenvalue weighted by Crippen LogP contribution is 2.45. The molecule has 1 aliphatic rings. The third kappa shape index (κ3) is 3.73. The van der Waals surface area contributed by atoms with E-state index in [0.717, 1.165) is 14.2 Å². The molecule has 2 aromatic carbocycles. The number of benzene rings is 2. The Balaban J connectivity index is 1.75. The minimum atomic E-state index is -0.710. The fraction of sp³-hybridized carbons (Fsp3) is 0.0909. The Labute approximate surface area is 195 Å². The molecule has 4 aromatic rings. The van der Waals surface area contributed by atoms with E-state index in [1.165, 1.54) is 23.1 Å². The summed E-state index contributed by atoms with van der Waals surface area (Å²) in [5.74, 6) is 0.179. The Bertz CT molecular complexity index is 1270. The van der Waals surface area contributed by atoms with E-state index in [-0.39, 0.29) is 5.91 Å². The van der Waals surface area contributed by atoms with Gasteiger partial charge in [-0.05, 0) is 52.5 Å². The zero-order valence-electron chi connectivity index (χ0n) is 16.2. The normalized spacial score (nSPS) is 14.9. The first kappa shape index (κ1) is 20.2. The quantitative estimate of drug-likeness (QED) is 0.323. The SMILES string of the molecule is CSc1nnc2c(n1)O[C@H](c1ccc(Br)s1)N(C(=O)c1ccccc1)c1ccccc1-2. The van der Waals surface area contributed by atoms with Crippen LogP contribution in [0.1, 0.15) is 21.5 Å². The zero-order valence-corrected chi connectivity index (χ0v) is 19.4. The van der Waals surface area contributed by atoms with Gasteiger partial charge in [-0.1, -0.05) is 48.2 Å². The number of carbonyl (C=O) groups is 1. The first-order valence-electron chi connectivity index (χ1n) is 9.34. The van der Waals surface area contributed by atoms with Crippen molar-refractivity contribution in [1.29, 1.82) is 0 Å². The number of carbonyl (C=O) groups excluding carboxylic acids is 1. The Kier molecular flexibility index (Phi) is 5.47. The number of hydrogen-bond acceptors (Lipinski definition) is 7. The fourth-order valence-corrected chi connectivity index (χ4v) is 5.13. The van der Waals surface area contributed by atoms with Gasteiger partial charge in [-0.3, -0.25) is 9.69 Å². The lowest BCUT2D eigenvalue weighted by molar-refractivity contribution is 0.0912. The topological polar surface area (TPSA) is 68.2 Å². The van der Waals surface area contributed by atoms with Crippen LogP contribution in [0.5, 0.6) is 5.88 Å². The van der Waals surface area contributed by atoms with Crippen molar-refractivity contribution in [3.8, 4) is 17.1 Å². The highest BCUT2D eigenvalue weighted by atomic mass is 79.9. The second-order valence-electron chi connectivity index (χ2n) is 6.62. The van der Waals surface area contributed by atoms with Gasteiger partial charge < -0.3 is 4.74 Å². The number of thiophene rings is 1. The van der Waals surface area contributed by atoms with Crippen molar-refractivity contribution < 1.29 is 9.53 Å². The summed E-state index contributed by atoms with van der Waals surface area (Å²) >= 11 is 6.42. The number of fused-ring (bicyclic) bond motifs is 3. The Morgan fingerprint density at radius 1 is 1.06 bits per heavy atom. The molecule has 2 aromatic heterocycles. The number of amides is 1. The summed E-state index contributed by atoms with van der Waals surface area (Å²) in [7, 11) is 0. The third-order valence-corrected chi connectivity index (χ3v) is 6.96. The van der Waals surface area contributed by atoms with Gasteiger partial charge in [0.2, 0.25) is 17.3 Å². The van der Waals surface area contributed by atoms with E-state index in [1.54, 1.807) is 17.0 Å². The molecular weight excluding hydrogens is 496 g/mol. The summed E-state index contributed by atoms with van der Waals surface area (Å²) < 4.78 is 7.35. The molecule has 0 fully saturated rings. The van der Waals surface area contributed by atoms with Gasteiger partial charge in [0.05, 0.1) is 14.4 Å². The number of anilines is 1. The molecule has 0 unspecified atom stereocenters. The molecule has 0 spiro atoms. The second kappa shape index (κ2) is 8.41. The molecule has 6 nitrogen and oxygen atoms in total. The van der Waals surface area contributed by atoms with Gasteiger partial charge in [0.1, 0.15) is 0 Å². The van der Waals surface area contributed by atoms with Crippen molar-refractivity contribution in [1.82, 2.24) is 15.2 Å². The van der Waals surface area contributed by atoms with E-state index >= 15 is 0 Å². The number of para-hydroxylation sites is 1. The summed E-state index contributed by atoms with van der Waals surface area (Å²) in [5.41, 5.74) is 2.51. The monoisotopic (exact) mass is 510 g/mol. The van der Waals surface area contributed by atoms with Crippen LogP contribution in [0.3, 0.4) is 0 Å². The zero-order chi connectivity index (χ0) is 21.4. The number of thioether (sulfide) groups is 1. The molecule has 9 heteroatoms. The van der Waals surface area contributed by atoms with Gasteiger partial charge in [-0.2, -0.15) is 4.98 Å². The standard InChI is InChI=1S/C22H15BrN4O2S2/c1-30-22-24-19-18(25-26-22)14-9-5-6-10-15(14)27(20(28)13-7-3-2-4-8-13)21(29-19)16-11-12-17(23)31-16/h2-12,21H,1H3/t21-/m1/s1. The smallest absolute Gasteiger partial charge is 0.261 e. The van der Waals surface area contributed by atoms with E-state index in [4.69, 9.17) is 4.74 Å². The Hall–Kier alpha value is -2.75. The first-order valence-corrected chi connectivity index (χ1v) is 12.2. The van der Waals surface area contributed by atoms with Gasteiger partial charge in [0.25, 0.3) is 5.91 Å². The van der Waals surface area contributed by atoms with Crippen LogP contribution in [0, 0.1) is 0 Å². The molecule has 0 saturated carbocycles. The van der Waals surface area contributed by atoms with Crippen molar-refractivity contribution in [2.45, 2.75) is 11.4 Å². The average Bonchev–Trinajstić information content (AvgIpc) is 3.19. The lowest BCUT2D eigenvalue weighted by Gasteiger charge is -2.30. The molecule has 1 aliphatic heterocycles. The molecule has 0 bridgehead atoms. The van der Waals surface area contributed by atoms with Gasteiger partial charge >= 0.3 is 0 Å². The van der Waals surface area contributed by atoms with E-state index in [1.807, 2.05) is 60.9 Å². The van der Waals surface area contributed by atoms with Gasteiger partial charge in [0, 0.05) is 11.1 Å². The largest absolute Gasteiger partial charge is 0.446 e. The maximum Gasteiger partial charge on any atom is 0.261 e. The van der Waals surface area contributed by atoms with E-state index < -0.39 is 6.23 Å². The van der Waals surface area contributed by atoms with Crippen molar-refractivity contribution in [3.05, 3.63) is 81.0 Å². The average molecular weight is 511 g/mol. The lowest BCUT2D eigenvalue weighted by atomic mass is 10.1. The summed E-state index contributed by atoms with van der Waals surface area (Å²) in [4.78, 5) is 20.9. The second-order valence-corrected chi connectivity index (χ2v) is 9.89. The van der Waals surface area contributed by atoms with Crippen LogP contribution >= 0.6 is 39.0 Å². The van der Waals surface area contributed by atoms with Crippen LogP contribution in [0.2, 0.25) is 0 Å². The van der Waals surface area contributed by atoms with E-state index in [0.29, 0.717) is 28.0 Å². The first-order chi connectivity index (χ1) is 15.2. The number of rotatable bonds is 3. The van der Waals surface area contributed by atoms with Crippen LogP contribution in [-0.2, 0) is 0 Å². The summed E-state index contributed by atoms with van der Waals surface area (Å²) in [6.07, 6.45) is 1.17. The molecule has 154 valence electrons. The van der Waals surface area contributed by atoms with Crippen LogP contribution in [0.4, 0.5) is 5.69 Å². The van der Waals surface area contributed by atoms with Gasteiger partial charge in [-0.15, -0.1) is 21.5 Å². The maximum absolute atomic E-state index is 13.8. The van der Waals surface area contributed by atoms with Gasteiger partial charge in [-0.25, -0.2) is 0 Å². The minimum absolute atomic E-state index is 0.173. The molecule has 5 rings (SSSR count). The third-order valence-electron chi connectivity index (χ3n) is 4.77. The minimum Gasteiger partial charge on any atom is -0.446 e. The predicted molar refractivity (Wildman–Crippen MR) is 126 cm³/mol. The van der Waals surface area contributed by atoms with Crippen molar-refractivity contribution in [3.63, 3.8) is 0 Å². The van der Waals surface area contributed by atoms with Crippen LogP contribution in [0.25, 0.3) is 11.3 Å². The molecule has 1 atom stereocenters. The van der Waals surface area contributed by atoms with Crippen molar-refractivity contribution >= 4 is 50.6 Å². The summed E-state index contributed by atoms with van der Waals surface area (Å²) in [6.45, 7) is 0. The fourth-order valence-electron chi connectivity index (χ4n) is 3.39. The Morgan fingerprint density at radius 2 is 1.84 bits per heavy atom. The molecule has 0 radical (unpaired) electrons. The van der Waals surface area contributed by atoms with Crippen molar-refractivity contribution in [2.75, 3.05) is 11.2 Å². The molecular formula is C22H15BrN4O2S2. The number of nitrogens with zero attached hydrogens (tertiary/aromatic N) is 4. The predicted octanol–water partition coefficient (Wildman–Crippen LogP) is 5.82. The van der Waals surface area contributed by atoms with Crippen LogP contribution < -0.4 is 9.64 Å². The lowest BCUT2D eigenvalue weighted by Crippen LogP contribution is -2.37. The van der Waals surface area contributed by atoms with Crippen LogP contribution in [-0.4, -0.2) is 27.3 Å². The van der Waals surface area contributed by atoms with E-state index in [2.05, 4.69) is 31.1 Å². The van der Waals surface area contributed by atoms with Crippen molar-refractivity contribution in [2.24, 2.45) is 0 Å². The summed E-state index contributed by atoms with van der Waals surface area (Å²) in [5, 5.41) is 9.09. The number of halogens is 1. The molecule has 0 saturated heterocycles. The van der Waals surface area contributed by atoms with E-state index in [9.17, 15) is 4.79 Å². The molecule has 31 heavy (non-hydrogen) atoms. The van der Waals surface area contributed by atoms with Crippen LogP contribution in [0.15, 0.2) is 75.7 Å². The highest BCUT2D eigenvalue weighted by Gasteiger charge is 2.37. The molecule has 0 N–H and O–H groups in total. The molecule has 1 amide bonds. The highest BCUT2D eigenvalue weighted by molar-refractivity contribution is 9.11. The molecule has 0 aliphatic carbocycles. The number of ether oxygens (including phenoxy) is 1. The Morgan fingerprint density at radius 3 is 2.58 bits per heavy atom. The molecule has 3 heterocycles. The number of hydrogen-bond donors (Lipinski definition) is 0. The number of aromatic nitrogens is 3. The summed E-state index contributed by atoms with van der Waals surface area (Å²) in [6, 6.07) is 20.7. The maximum atomic E-state index is 13.8.